The van der Waals surface area contributed by atoms with Crippen molar-refractivity contribution < 1.29 is 62.2 Å². The van der Waals surface area contributed by atoms with E-state index in [0.29, 0.717) is 18.2 Å². The van der Waals surface area contributed by atoms with Gasteiger partial charge in [-0.25, -0.2) is 13.2 Å². The van der Waals surface area contributed by atoms with E-state index >= 15 is 0 Å². The summed E-state index contributed by atoms with van der Waals surface area (Å²) in [6.45, 7) is 0.605. The van der Waals surface area contributed by atoms with Gasteiger partial charge < -0.3 is 9.47 Å². The lowest BCUT2D eigenvalue weighted by Crippen LogP contribution is -2.32. The number of hydrogen-bond acceptors (Lipinski definition) is 5. The van der Waals surface area contributed by atoms with Crippen LogP contribution in [0.3, 0.4) is 0 Å². The summed E-state index contributed by atoms with van der Waals surface area (Å²) in [5, 5.41) is 0. The number of benzene rings is 3. The van der Waals surface area contributed by atoms with Crippen molar-refractivity contribution in [3.8, 4) is 16.9 Å². The summed E-state index contributed by atoms with van der Waals surface area (Å²) in [6.07, 6.45) is -17.1. The van der Waals surface area contributed by atoms with Crippen LogP contribution in [0.5, 0.6) is 5.75 Å². The predicted octanol–water partition coefficient (Wildman–Crippen LogP) is 7.90. The van der Waals surface area contributed by atoms with Crippen LogP contribution in [0, 0.1) is 0 Å². The van der Waals surface area contributed by atoms with Crippen molar-refractivity contribution in [2.45, 2.75) is 49.0 Å². The van der Waals surface area contributed by atoms with Gasteiger partial charge in [0.25, 0.3) is 0 Å². The largest absolute Gasteiger partial charge is 0.496 e. The van der Waals surface area contributed by atoms with Crippen LogP contribution in [-0.2, 0) is 39.6 Å². The van der Waals surface area contributed by atoms with E-state index in [1.807, 2.05) is 0 Å². The Hall–Kier alpha value is -3.95. The molecule has 0 N–H and O–H groups in total. The molecule has 6 nitrogen and oxygen atoms in total. The van der Waals surface area contributed by atoms with Gasteiger partial charge in [0.1, 0.15) is 11.9 Å². The van der Waals surface area contributed by atoms with E-state index in [9.17, 15) is 52.7 Å². The van der Waals surface area contributed by atoms with Gasteiger partial charge in [0.2, 0.25) is 0 Å². The van der Waals surface area contributed by atoms with E-state index in [0.717, 1.165) is 29.4 Å². The summed E-state index contributed by atoms with van der Waals surface area (Å²) in [5.74, 6) is 0.0666. The van der Waals surface area contributed by atoms with Gasteiger partial charge in [-0.1, -0.05) is 6.07 Å². The van der Waals surface area contributed by atoms with Crippen molar-refractivity contribution in [1.82, 2.24) is 4.90 Å². The summed E-state index contributed by atoms with van der Waals surface area (Å²) in [5.41, 5.74) is -5.16. The number of cyclic esters (lactones) is 1. The zero-order valence-corrected chi connectivity index (χ0v) is 23.7. The van der Waals surface area contributed by atoms with Crippen molar-refractivity contribution in [2.75, 3.05) is 13.4 Å². The molecule has 0 aliphatic carbocycles. The van der Waals surface area contributed by atoms with E-state index in [4.69, 9.17) is 9.47 Å². The molecule has 2 atom stereocenters. The fourth-order valence-electron chi connectivity index (χ4n) is 4.78. The molecule has 1 aliphatic heterocycles. The molecule has 1 aliphatic rings. The number of alkyl halides is 9. The minimum Gasteiger partial charge on any atom is -0.496 e. The average Bonchev–Trinajstić information content (AvgIpc) is 3.19. The number of hydrogen-bond donors (Lipinski definition) is 0. The highest BCUT2D eigenvalue weighted by atomic mass is 32.2. The molecule has 4 rings (SSSR count). The number of carbonyl (C=O) groups excluding carboxylic acids is 1. The van der Waals surface area contributed by atoms with E-state index < -0.39 is 75.4 Å². The minimum atomic E-state index is -5.17. The third kappa shape index (κ3) is 6.74. The summed E-state index contributed by atoms with van der Waals surface area (Å²) < 4.78 is 157. The molecular formula is C28H22F9NO5S. The van der Waals surface area contributed by atoms with E-state index in [1.165, 1.54) is 26.2 Å². The Balaban J connectivity index is 1.82. The molecule has 1 heterocycles. The number of ether oxygens (including phenoxy) is 2. The second-order valence-electron chi connectivity index (χ2n) is 10.0. The molecule has 44 heavy (non-hydrogen) atoms. The van der Waals surface area contributed by atoms with Gasteiger partial charge in [0.05, 0.1) is 41.3 Å². The molecule has 0 unspecified atom stereocenters. The molecule has 0 saturated carbocycles. The monoisotopic (exact) mass is 655 g/mol. The molecule has 0 aromatic heterocycles. The molecular weight excluding hydrogens is 633 g/mol. The molecule has 1 amide bonds. The van der Waals surface area contributed by atoms with Gasteiger partial charge in [0.15, 0.2) is 9.84 Å². The predicted molar refractivity (Wildman–Crippen MR) is 137 cm³/mol. The Kier molecular flexibility index (Phi) is 8.39. The fraction of sp³-hybridized carbons (Fsp3) is 0.321. The van der Waals surface area contributed by atoms with Gasteiger partial charge in [-0.3, -0.25) is 4.90 Å². The normalized spacial score (nSPS) is 18.0. The van der Waals surface area contributed by atoms with E-state index in [2.05, 4.69) is 0 Å². The van der Waals surface area contributed by atoms with Crippen LogP contribution < -0.4 is 4.74 Å². The first-order valence-corrected chi connectivity index (χ1v) is 14.4. The summed E-state index contributed by atoms with van der Waals surface area (Å²) >= 11 is 0. The highest BCUT2D eigenvalue weighted by Crippen LogP contribution is 2.43. The first kappa shape index (κ1) is 33.0. The van der Waals surface area contributed by atoms with Crippen molar-refractivity contribution in [3.05, 3.63) is 82.4 Å². The van der Waals surface area contributed by atoms with Gasteiger partial charge in [0, 0.05) is 11.8 Å². The maximum atomic E-state index is 13.7. The van der Waals surface area contributed by atoms with Crippen LogP contribution in [0.4, 0.5) is 44.3 Å². The fourth-order valence-corrected chi connectivity index (χ4v) is 5.43. The summed E-state index contributed by atoms with van der Waals surface area (Å²) in [7, 11) is -2.56. The van der Waals surface area contributed by atoms with Gasteiger partial charge >= 0.3 is 24.6 Å². The van der Waals surface area contributed by atoms with Crippen LogP contribution in [-0.4, -0.2) is 38.8 Å². The quantitative estimate of drug-likeness (QED) is 0.253. The molecule has 0 bridgehead atoms. The smallest absolute Gasteiger partial charge is 0.416 e. The highest BCUT2D eigenvalue weighted by molar-refractivity contribution is 7.90. The lowest BCUT2D eigenvalue weighted by molar-refractivity contribution is -0.143. The Labute approximate surface area is 244 Å². The molecule has 0 spiro atoms. The Morgan fingerprint density at radius 2 is 1.36 bits per heavy atom. The van der Waals surface area contributed by atoms with Crippen LogP contribution in [0.25, 0.3) is 11.1 Å². The lowest BCUT2D eigenvalue weighted by atomic mass is 9.95. The number of sulfone groups is 1. The number of amides is 1. The molecule has 238 valence electrons. The van der Waals surface area contributed by atoms with Gasteiger partial charge in [-0.15, -0.1) is 0 Å². The molecule has 16 heteroatoms. The number of methoxy groups -OCH3 is 1. The Bertz CT molecular complexity index is 1670. The Morgan fingerprint density at radius 3 is 1.86 bits per heavy atom. The van der Waals surface area contributed by atoms with Gasteiger partial charge in [-0.05, 0) is 72.1 Å². The zero-order chi connectivity index (χ0) is 33.0. The van der Waals surface area contributed by atoms with Crippen LogP contribution in [0.1, 0.15) is 40.8 Å². The first-order valence-electron chi connectivity index (χ1n) is 12.5. The molecule has 1 saturated heterocycles. The third-order valence-electron chi connectivity index (χ3n) is 6.99. The summed E-state index contributed by atoms with van der Waals surface area (Å²) in [6, 6.07) is 5.59. The molecule has 3 aromatic rings. The maximum Gasteiger partial charge on any atom is 0.416 e. The molecule has 3 aromatic carbocycles. The average molecular weight is 656 g/mol. The SMILES string of the molecule is COc1ccc(S(C)(=O)=O)cc1-c1ccc(C(F)(F)F)cc1CN1C(=O)O[C@H](c2cc(C(F)(F)F)cc(C(F)(F)F)c2)[C@H]1C. The third-order valence-corrected chi connectivity index (χ3v) is 8.10. The number of carbonyl (C=O) groups is 1. The molecule has 1 fully saturated rings. The van der Waals surface area contributed by atoms with Crippen molar-refractivity contribution in [2.24, 2.45) is 0 Å². The minimum absolute atomic E-state index is 0.0160. The topological polar surface area (TPSA) is 72.9 Å². The first-order chi connectivity index (χ1) is 20.1. The second-order valence-corrected chi connectivity index (χ2v) is 12.0. The number of halogens is 9. The highest BCUT2D eigenvalue weighted by Gasteiger charge is 2.44. The lowest BCUT2D eigenvalue weighted by Gasteiger charge is -2.24. The standard InChI is InChI=1S/C28H22F9NO5S/c1-14-24(15-8-18(27(32,33)34)11-19(9-15)28(35,36)37)43-25(39)38(14)13-16-10-17(26(29,30)31)4-6-21(16)22-12-20(44(3,40)41)5-7-23(22)42-2/h4-12,14,24H,13H2,1-3H3/t14-,24+/m1/s1. The van der Waals surface area contributed by atoms with Crippen molar-refractivity contribution in [1.29, 1.82) is 0 Å². The maximum absolute atomic E-state index is 13.7. The van der Waals surface area contributed by atoms with Crippen molar-refractivity contribution >= 4 is 15.9 Å². The van der Waals surface area contributed by atoms with Crippen molar-refractivity contribution in [3.63, 3.8) is 0 Å². The van der Waals surface area contributed by atoms with Crippen LogP contribution in [0.15, 0.2) is 59.5 Å². The van der Waals surface area contributed by atoms with Crippen LogP contribution >= 0.6 is 0 Å². The van der Waals surface area contributed by atoms with E-state index in [1.54, 1.807) is 0 Å². The van der Waals surface area contributed by atoms with Gasteiger partial charge in [-0.2, -0.15) is 39.5 Å². The number of rotatable bonds is 6. The second kappa shape index (κ2) is 11.2. The van der Waals surface area contributed by atoms with E-state index in [-0.39, 0.29) is 33.4 Å². The zero-order valence-electron chi connectivity index (χ0n) is 22.9. The number of nitrogens with zero attached hydrogens (tertiary/aromatic N) is 1. The molecule has 0 radical (unpaired) electrons. The summed E-state index contributed by atoms with van der Waals surface area (Å²) in [4.78, 5) is 13.6. The Morgan fingerprint density at radius 1 is 0.795 bits per heavy atom. The van der Waals surface area contributed by atoms with Crippen LogP contribution in [0.2, 0.25) is 0 Å².